The van der Waals surface area contributed by atoms with E-state index in [1.807, 2.05) is 12.1 Å². The maximum Gasteiger partial charge on any atom is 0.0615 e. The molecule has 1 atom stereocenters. The summed E-state index contributed by atoms with van der Waals surface area (Å²) in [6, 6.07) is 4.21. The monoisotopic (exact) mass is 209 g/mol. The SMILES string of the molecule is COCC(C)N(C)Cc1ccc(N)cn1. The molecule has 4 nitrogen and oxygen atoms in total. The zero-order valence-corrected chi connectivity index (χ0v) is 9.60. The lowest BCUT2D eigenvalue weighted by molar-refractivity contribution is 0.111. The number of ether oxygens (including phenoxy) is 1. The van der Waals surface area contributed by atoms with Crippen LogP contribution in [-0.2, 0) is 11.3 Å². The molecule has 0 saturated carbocycles. The van der Waals surface area contributed by atoms with Gasteiger partial charge in [0.2, 0.25) is 0 Å². The van der Waals surface area contributed by atoms with Crippen LogP contribution in [-0.4, -0.2) is 36.7 Å². The zero-order chi connectivity index (χ0) is 11.3. The van der Waals surface area contributed by atoms with Gasteiger partial charge in [0.1, 0.15) is 0 Å². The lowest BCUT2D eigenvalue weighted by Crippen LogP contribution is -2.32. The van der Waals surface area contributed by atoms with Gasteiger partial charge in [-0.3, -0.25) is 9.88 Å². The van der Waals surface area contributed by atoms with Crippen molar-refractivity contribution in [1.82, 2.24) is 9.88 Å². The third-order valence-corrected chi connectivity index (χ3v) is 2.42. The molecule has 0 bridgehead atoms. The molecule has 1 rings (SSSR count). The molecule has 2 N–H and O–H groups in total. The van der Waals surface area contributed by atoms with E-state index in [-0.39, 0.29) is 0 Å². The molecular formula is C11H19N3O. The molecule has 4 heteroatoms. The van der Waals surface area contributed by atoms with Gasteiger partial charge in [-0.15, -0.1) is 0 Å². The molecule has 15 heavy (non-hydrogen) atoms. The Kier molecular flexibility index (Phi) is 4.52. The first-order valence-corrected chi connectivity index (χ1v) is 5.03. The van der Waals surface area contributed by atoms with E-state index in [1.54, 1.807) is 13.3 Å². The Balaban J connectivity index is 2.50. The average molecular weight is 209 g/mol. The molecule has 1 aromatic rings. The molecule has 1 aromatic heterocycles. The molecule has 0 fully saturated rings. The quantitative estimate of drug-likeness (QED) is 0.790. The van der Waals surface area contributed by atoms with E-state index in [0.717, 1.165) is 18.8 Å². The molecule has 0 aliphatic heterocycles. The molecule has 0 aliphatic rings. The molecule has 84 valence electrons. The van der Waals surface area contributed by atoms with Gasteiger partial charge in [0.05, 0.1) is 24.2 Å². The minimum Gasteiger partial charge on any atom is -0.397 e. The summed E-state index contributed by atoms with van der Waals surface area (Å²) in [5.41, 5.74) is 7.29. The van der Waals surface area contributed by atoms with Gasteiger partial charge in [-0.05, 0) is 26.1 Å². The normalized spacial score (nSPS) is 13.1. The summed E-state index contributed by atoms with van der Waals surface area (Å²) in [5, 5.41) is 0. The largest absolute Gasteiger partial charge is 0.397 e. The van der Waals surface area contributed by atoms with Crippen LogP contribution in [0.5, 0.6) is 0 Å². The van der Waals surface area contributed by atoms with E-state index in [2.05, 4.69) is 23.9 Å². The fourth-order valence-corrected chi connectivity index (χ4v) is 1.31. The minimum atomic E-state index is 0.384. The average Bonchev–Trinajstić information content (AvgIpc) is 2.22. The maximum absolute atomic E-state index is 5.57. The van der Waals surface area contributed by atoms with Crippen molar-refractivity contribution in [1.29, 1.82) is 0 Å². The molecule has 1 unspecified atom stereocenters. The minimum absolute atomic E-state index is 0.384. The van der Waals surface area contributed by atoms with Crippen LogP contribution in [0.15, 0.2) is 18.3 Å². The number of likely N-dealkylation sites (N-methyl/N-ethyl adjacent to an activating group) is 1. The van der Waals surface area contributed by atoms with Crippen LogP contribution >= 0.6 is 0 Å². The Morgan fingerprint density at radius 1 is 1.53 bits per heavy atom. The van der Waals surface area contributed by atoms with Crippen molar-refractivity contribution >= 4 is 5.69 Å². The second kappa shape index (κ2) is 5.68. The Hall–Kier alpha value is -1.13. The third-order valence-electron chi connectivity index (χ3n) is 2.42. The number of aromatic nitrogens is 1. The zero-order valence-electron chi connectivity index (χ0n) is 9.60. The number of pyridine rings is 1. The van der Waals surface area contributed by atoms with Crippen LogP contribution in [0.1, 0.15) is 12.6 Å². The van der Waals surface area contributed by atoms with Crippen LogP contribution in [0.4, 0.5) is 5.69 Å². The van der Waals surface area contributed by atoms with E-state index in [4.69, 9.17) is 10.5 Å². The van der Waals surface area contributed by atoms with Gasteiger partial charge in [0.25, 0.3) is 0 Å². The van der Waals surface area contributed by atoms with Gasteiger partial charge < -0.3 is 10.5 Å². The van der Waals surface area contributed by atoms with Crippen molar-refractivity contribution in [3.8, 4) is 0 Å². The number of hydrogen-bond donors (Lipinski definition) is 1. The van der Waals surface area contributed by atoms with Gasteiger partial charge in [0, 0.05) is 19.7 Å². The van der Waals surface area contributed by atoms with E-state index >= 15 is 0 Å². The number of nitrogen functional groups attached to an aromatic ring is 1. The standard InChI is InChI=1S/C11H19N3O/c1-9(8-15-3)14(2)7-11-5-4-10(12)6-13-11/h4-6,9H,7-8,12H2,1-3H3. The highest BCUT2D eigenvalue weighted by Crippen LogP contribution is 2.06. The lowest BCUT2D eigenvalue weighted by atomic mass is 10.2. The Morgan fingerprint density at radius 3 is 2.80 bits per heavy atom. The van der Waals surface area contributed by atoms with Crippen molar-refractivity contribution in [3.05, 3.63) is 24.0 Å². The smallest absolute Gasteiger partial charge is 0.0615 e. The number of nitrogens with two attached hydrogens (primary N) is 1. The van der Waals surface area contributed by atoms with Crippen LogP contribution in [0, 0.1) is 0 Å². The first-order chi connectivity index (χ1) is 7.13. The van der Waals surface area contributed by atoms with E-state index in [9.17, 15) is 0 Å². The van der Waals surface area contributed by atoms with Crippen molar-refractivity contribution in [2.75, 3.05) is 26.5 Å². The van der Waals surface area contributed by atoms with Gasteiger partial charge >= 0.3 is 0 Å². The molecule has 0 aliphatic carbocycles. The van der Waals surface area contributed by atoms with Crippen molar-refractivity contribution in [3.63, 3.8) is 0 Å². The predicted octanol–water partition coefficient (Wildman–Crippen LogP) is 1.13. The highest BCUT2D eigenvalue weighted by atomic mass is 16.5. The van der Waals surface area contributed by atoms with Crippen molar-refractivity contribution in [2.24, 2.45) is 0 Å². The Bertz CT molecular complexity index is 286. The number of anilines is 1. The summed E-state index contributed by atoms with van der Waals surface area (Å²) in [6.45, 7) is 3.66. The lowest BCUT2D eigenvalue weighted by Gasteiger charge is -2.23. The first kappa shape index (κ1) is 11.9. The number of nitrogens with zero attached hydrogens (tertiary/aromatic N) is 2. The number of methoxy groups -OCH3 is 1. The fourth-order valence-electron chi connectivity index (χ4n) is 1.31. The summed E-state index contributed by atoms with van der Waals surface area (Å²) < 4.78 is 5.10. The third kappa shape index (κ3) is 3.85. The van der Waals surface area contributed by atoms with Gasteiger partial charge in [-0.25, -0.2) is 0 Å². The van der Waals surface area contributed by atoms with Crippen molar-refractivity contribution < 1.29 is 4.74 Å². The molecule has 0 amide bonds. The fraction of sp³-hybridized carbons (Fsp3) is 0.545. The van der Waals surface area contributed by atoms with Crippen LogP contribution in [0.3, 0.4) is 0 Å². The predicted molar refractivity (Wildman–Crippen MR) is 61.5 cm³/mol. The second-order valence-electron chi connectivity index (χ2n) is 3.80. The highest BCUT2D eigenvalue weighted by Gasteiger charge is 2.09. The summed E-state index contributed by atoms with van der Waals surface area (Å²) in [6.07, 6.45) is 1.68. The van der Waals surface area contributed by atoms with Crippen LogP contribution in [0.2, 0.25) is 0 Å². The van der Waals surface area contributed by atoms with Crippen LogP contribution < -0.4 is 5.73 Å². The van der Waals surface area contributed by atoms with E-state index in [0.29, 0.717) is 11.7 Å². The number of hydrogen-bond acceptors (Lipinski definition) is 4. The Labute approximate surface area is 91.1 Å². The van der Waals surface area contributed by atoms with E-state index in [1.165, 1.54) is 0 Å². The van der Waals surface area contributed by atoms with Gasteiger partial charge in [-0.2, -0.15) is 0 Å². The topological polar surface area (TPSA) is 51.4 Å². The molecule has 0 spiro atoms. The van der Waals surface area contributed by atoms with Crippen molar-refractivity contribution in [2.45, 2.75) is 19.5 Å². The van der Waals surface area contributed by atoms with Gasteiger partial charge in [-0.1, -0.05) is 0 Å². The van der Waals surface area contributed by atoms with E-state index < -0.39 is 0 Å². The molecule has 0 saturated heterocycles. The summed E-state index contributed by atoms with van der Waals surface area (Å²) in [5.74, 6) is 0. The summed E-state index contributed by atoms with van der Waals surface area (Å²) in [4.78, 5) is 6.45. The Morgan fingerprint density at radius 2 is 2.27 bits per heavy atom. The van der Waals surface area contributed by atoms with Gasteiger partial charge in [0.15, 0.2) is 0 Å². The second-order valence-corrected chi connectivity index (χ2v) is 3.80. The highest BCUT2D eigenvalue weighted by molar-refractivity contribution is 5.34. The molecule has 1 heterocycles. The first-order valence-electron chi connectivity index (χ1n) is 5.03. The summed E-state index contributed by atoms with van der Waals surface area (Å²) >= 11 is 0. The molecule has 0 aromatic carbocycles. The molecular weight excluding hydrogens is 190 g/mol. The van der Waals surface area contributed by atoms with Crippen LogP contribution in [0.25, 0.3) is 0 Å². The summed E-state index contributed by atoms with van der Waals surface area (Å²) in [7, 11) is 3.77. The number of rotatable bonds is 5. The maximum atomic E-state index is 5.57. The molecule has 0 radical (unpaired) electrons.